The Morgan fingerprint density at radius 3 is 2.74 bits per heavy atom. The molecular formula is C13H16N4OS. The molecule has 6 heteroatoms. The van der Waals surface area contributed by atoms with Crippen LogP contribution in [-0.4, -0.2) is 33.7 Å². The summed E-state index contributed by atoms with van der Waals surface area (Å²) < 4.78 is 0. The second-order valence-electron chi connectivity index (χ2n) is 4.96. The molecule has 0 aromatic carbocycles. The van der Waals surface area contributed by atoms with Crippen LogP contribution >= 0.6 is 11.8 Å². The van der Waals surface area contributed by atoms with Gasteiger partial charge in [0.15, 0.2) is 5.16 Å². The fraction of sp³-hybridized carbons (Fsp3) is 0.538. The van der Waals surface area contributed by atoms with Gasteiger partial charge in [0.25, 0.3) is 0 Å². The minimum absolute atomic E-state index is 0.0740. The van der Waals surface area contributed by atoms with Crippen molar-refractivity contribution in [1.29, 1.82) is 0 Å². The molecule has 0 bridgehead atoms. The number of carbonyl (C=O) groups excluding carboxylic acids is 1. The summed E-state index contributed by atoms with van der Waals surface area (Å²) in [4.78, 5) is 27.0. The van der Waals surface area contributed by atoms with Crippen molar-refractivity contribution in [2.45, 2.75) is 30.3 Å². The van der Waals surface area contributed by atoms with Crippen LogP contribution in [0.5, 0.6) is 0 Å². The molecule has 1 unspecified atom stereocenters. The van der Waals surface area contributed by atoms with Gasteiger partial charge in [-0.05, 0) is 19.1 Å². The van der Waals surface area contributed by atoms with E-state index in [9.17, 15) is 4.79 Å². The maximum Gasteiger partial charge on any atom is 0.236 e. The van der Waals surface area contributed by atoms with Gasteiger partial charge in [-0.25, -0.2) is 4.98 Å². The Morgan fingerprint density at radius 1 is 1.37 bits per heavy atom. The van der Waals surface area contributed by atoms with Crippen LogP contribution in [0.2, 0.25) is 0 Å². The lowest BCUT2D eigenvalue weighted by molar-refractivity contribution is -0.117. The number of aromatic nitrogens is 3. The molecule has 1 saturated carbocycles. The second-order valence-corrected chi connectivity index (χ2v) is 5.73. The monoisotopic (exact) mass is 276 g/mol. The Hall–Kier alpha value is -1.43. The number of hydrogen-bond donors (Lipinski definition) is 0. The van der Waals surface area contributed by atoms with Crippen molar-refractivity contribution in [3.05, 3.63) is 18.5 Å². The molecule has 1 saturated heterocycles. The van der Waals surface area contributed by atoms with Crippen LogP contribution in [0.25, 0.3) is 0 Å². The highest BCUT2D eigenvalue weighted by Crippen LogP contribution is 2.39. The average molecular weight is 276 g/mol. The molecule has 0 spiro atoms. The summed E-state index contributed by atoms with van der Waals surface area (Å²) in [5.41, 5.74) is 0. The highest BCUT2D eigenvalue weighted by Gasteiger charge is 2.33. The zero-order valence-electron chi connectivity index (χ0n) is 10.9. The molecule has 0 radical (unpaired) electrons. The van der Waals surface area contributed by atoms with Crippen molar-refractivity contribution in [2.24, 2.45) is 5.92 Å². The Labute approximate surface area is 116 Å². The standard InChI is InChI=1S/C13H16N4OS/c1-3-8-6-10(18)17(7-8)12-14-11(9-4-5-9)15-13(16-12)19-2/h3,8-9H,1,4-7H2,2H3. The molecule has 100 valence electrons. The van der Waals surface area contributed by atoms with Gasteiger partial charge in [0.2, 0.25) is 11.9 Å². The average Bonchev–Trinajstić information content (AvgIpc) is 3.21. The van der Waals surface area contributed by atoms with E-state index in [-0.39, 0.29) is 11.8 Å². The molecule has 2 heterocycles. The molecule has 1 aromatic rings. The Morgan fingerprint density at radius 2 is 2.16 bits per heavy atom. The number of rotatable bonds is 4. The largest absolute Gasteiger partial charge is 0.280 e. The van der Waals surface area contributed by atoms with E-state index in [1.165, 1.54) is 11.8 Å². The van der Waals surface area contributed by atoms with E-state index in [0.29, 0.717) is 30.0 Å². The summed E-state index contributed by atoms with van der Waals surface area (Å²) in [5.74, 6) is 2.08. The minimum atomic E-state index is 0.0740. The van der Waals surface area contributed by atoms with Crippen LogP contribution < -0.4 is 4.90 Å². The Balaban J connectivity index is 1.93. The summed E-state index contributed by atoms with van der Waals surface area (Å²) in [5, 5.41) is 0.696. The first-order valence-corrected chi connectivity index (χ1v) is 7.66. The van der Waals surface area contributed by atoms with E-state index in [2.05, 4.69) is 21.5 Å². The Bertz CT molecular complexity index is 529. The quantitative estimate of drug-likeness (QED) is 0.622. The minimum Gasteiger partial charge on any atom is -0.280 e. The van der Waals surface area contributed by atoms with Gasteiger partial charge in [-0.2, -0.15) is 9.97 Å². The number of amides is 1. The smallest absolute Gasteiger partial charge is 0.236 e. The highest BCUT2D eigenvalue weighted by atomic mass is 32.2. The third-order valence-electron chi connectivity index (χ3n) is 3.48. The number of hydrogen-bond acceptors (Lipinski definition) is 5. The predicted molar refractivity (Wildman–Crippen MR) is 74.2 cm³/mol. The molecule has 1 aliphatic heterocycles. The van der Waals surface area contributed by atoms with Crippen molar-refractivity contribution in [3.63, 3.8) is 0 Å². The summed E-state index contributed by atoms with van der Waals surface area (Å²) in [6.07, 6.45) is 6.55. The van der Waals surface area contributed by atoms with Gasteiger partial charge >= 0.3 is 0 Å². The molecule has 5 nitrogen and oxygen atoms in total. The van der Waals surface area contributed by atoms with Crippen LogP contribution in [0, 0.1) is 5.92 Å². The number of nitrogens with zero attached hydrogens (tertiary/aromatic N) is 4. The van der Waals surface area contributed by atoms with Crippen LogP contribution in [0.4, 0.5) is 5.95 Å². The van der Waals surface area contributed by atoms with Crippen LogP contribution in [0.3, 0.4) is 0 Å². The van der Waals surface area contributed by atoms with E-state index in [4.69, 9.17) is 0 Å². The third kappa shape index (κ3) is 2.49. The predicted octanol–water partition coefficient (Wildman–Crippen LogP) is 2.01. The number of anilines is 1. The van der Waals surface area contributed by atoms with Crippen LogP contribution in [-0.2, 0) is 4.79 Å². The first-order chi connectivity index (χ1) is 9.21. The SMILES string of the molecule is C=CC1CC(=O)N(c2nc(SC)nc(C3CC3)n2)C1. The second kappa shape index (κ2) is 4.92. The zero-order chi connectivity index (χ0) is 13.4. The highest BCUT2D eigenvalue weighted by molar-refractivity contribution is 7.98. The fourth-order valence-corrected chi connectivity index (χ4v) is 2.54. The van der Waals surface area contributed by atoms with Crippen LogP contribution in [0.15, 0.2) is 17.8 Å². The fourth-order valence-electron chi connectivity index (χ4n) is 2.18. The molecule has 0 N–H and O–H groups in total. The van der Waals surface area contributed by atoms with Gasteiger partial charge in [-0.15, -0.1) is 6.58 Å². The summed E-state index contributed by atoms with van der Waals surface area (Å²) in [6, 6.07) is 0. The van der Waals surface area contributed by atoms with Crippen molar-refractivity contribution < 1.29 is 4.79 Å². The van der Waals surface area contributed by atoms with Gasteiger partial charge < -0.3 is 0 Å². The van der Waals surface area contributed by atoms with E-state index in [1.807, 2.05) is 12.3 Å². The molecule has 1 aromatic heterocycles. The zero-order valence-corrected chi connectivity index (χ0v) is 11.7. The topological polar surface area (TPSA) is 59.0 Å². The van der Waals surface area contributed by atoms with Gasteiger partial charge in [-0.3, -0.25) is 9.69 Å². The van der Waals surface area contributed by atoms with Gasteiger partial charge in [-0.1, -0.05) is 17.8 Å². The van der Waals surface area contributed by atoms with Crippen molar-refractivity contribution in [1.82, 2.24) is 15.0 Å². The van der Waals surface area contributed by atoms with E-state index in [1.54, 1.807) is 4.90 Å². The Kier molecular flexibility index (Phi) is 3.26. The van der Waals surface area contributed by atoms with Gasteiger partial charge in [0.05, 0.1) is 0 Å². The lowest BCUT2D eigenvalue weighted by Gasteiger charge is -2.15. The molecule has 1 aliphatic carbocycles. The molecule has 1 atom stereocenters. The number of carbonyl (C=O) groups is 1. The molecule has 19 heavy (non-hydrogen) atoms. The maximum atomic E-state index is 12.0. The van der Waals surface area contributed by atoms with Crippen molar-refractivity contribution in [2.75, 3.05) is 17.7 Å². The molecule has 2 aliphatic rings. The third-order valence-corrected chi connectivity index (χ3v) is 4.02. The van der Waals surface area contributed by atoms with E-state index >= 15 is 0 Å². The maximum absolute atomic E-state index is 12.0. The first kappa shape index (κ1) is 12.6. The summed E-state index contributed by atoms with van der Waals surface area (Å²) in [7, 11) is 0. The summed E-state index contributed by atoms with van der Waals surface area (Å²) >= 11 is 1.49. The summed E-state index contributed by atoms with van der Waals surface area (Å²) in [6.45, 7) is 4.39. The van der Waals surface area contributed by atoms with E-state index < -0.39 is 0 Å². The molecule has 3 rings (SSSR count). The van der Waals surface area contributed by atoms with Crippen LogP contribution in [0.1, 0.15) is 31.0 Å². The first-order valence-electron chi connectivity index (χ1n) is 6.44. The normalized spacial score (nSPS) is 22.9. The molecular weight excluding hydrogens is 260 g/mol. The van der Waals surface area contributed by atoms with Crippen molar-refractivity contribution in [3.8, 4) is 0 Å². The van der Waals surface area contributed by atoms with Gasteiger partial charge in [0, 0.05) is 24.8 Å². The van der Waals surface area contributed by atoms with Crippen molar-refractivity contribution >= 4 is 23.6 Å². The lowest BCUT2D eigenvalue weighted by atomic mass is 10.1. The molecule has 1 amide bonds. The van der Waals surface area contributed by atoms with Gasteiger partial charge in [0.1, 0.15) is 5.82 Å². The lowest BCUT2D eigenvalue weighted by Crippen LogP contribution is -2.27. The molecule has 2 fully saturated rings. The number of thioether (sulfide) groups is 1. The van der Waals surface area contributed by atoms with E-state index in [0.717, 1.165) is 18.7 Å².